The average molecular weight is 287 g/mol. The van der Waals surface area contributed by atoms with Crippen molar-refractivity contribution < 1.29 is 4.79 Å². The van der Waals surface area contributed by atoms with Crippen LogP contribution in [0.1, 0.15) is 37.7 Å². The maximum Gasteiger partial charge on any atom is 0.274 e. The summed E-state index contributed by atoms with van der Waals surface area (Å²) in [5.41, 5.74) is 0.0170. The van der Waals surface area contributed by atoms with Gasteiger partial charge in [-0.25, -0.2) is 5.10 Å². The first kappa shape index (κ1) is 15.2. The largest absolute Gasteiger partial charge is 0.338 e. The Balaban J connectivity index is 2.40. The summed E-state index contributed by atoms with van der Waals surface area (Å²) in [7, 11) is 1.77. The molecule has 5 nitrogen and oxygen atoms in total. The van der Waals surface area contributed by atoms with Crippen molar-refractivity contribution >= 4 is 16.7 Å². The highest BCUT2D eigenvalue weighted by atomic mass is 16.2. The van der Waals surface area contributed by atoms with E-state index >= 15 is 0 Å². The van der Waals surface area contributed by atoms with Gasteiger partial charge >= 0.3 is 0 Å². The minimum absolute atomic E-state index is 0.116. The van der Waals surface area contributed by atoms with Crippen LogP contribution in [-0.4, -0.2) is 34.1 Å². The Labute approximate surface area is 124 Å². The fraction of sp³-hybridized carbons (Fsp3) is 0.438. The fourth-order valence-corrected chi connectivity index (χ4v) is 2.49. The van der Waals surface area contributed by atoms with Gasteiger partial charge in [0.1, 0.15) is 0 Å². The van der Waals surface area contributed by atoms with E-state index < -0.39 is 0 Å². The van der Waals surface area contributed by atoms with Crippen LogP contribution >= 0.6 is 0 Å². The second-order valence-corrected chi connectivity index (χ2v) is 5.84. The van der Waals surface area contributed by atoms with Gasteiger partial charge in [0.05, 0.1) is 5.39 Å². The molecule has 0 spiro atoms. The number of hydrogen-bond acceptors (Lipinski definition) is 3. The van der Waals surface area contributed by atoms with Gasteiger partial charge in [0.2, 0.25) is 0 Å². The Morgan fingerprint density at radius 2 is 1.86 bits per heavy atom. The van der Waals surface area contributed by atoms with E-state index in [1.54, 1.807) is 36.2 Å². The molecule has 21 heavy (non-hydrogen) atoms. The van der Waals surface area contributed by atoms with E-state index in [0.29, 0.717) is 22.4 Å². The minimum Gasteiger partial charge on any atom is -0.338 e. The number of amides is 1. The third kappa shape index (κ3) is 3.12. The summed E-state index contributed by atoms with van der Waals surface area (Å²) in [6.07, 6.45) is 0.920. The van der Waals surface area contributed by atoms with E-state index in [0.717, 1.165) is 6.42 Å². The van der Waals surface area contributed by atoms with Gasteiger partial charge in [0, 0.05) is 18.5 Å². The minimum atomic E-state index is -0.278. The molecular weight excluding hydrogens is 266 g/mol. The number of nitrogens with zero attached hydrogens (tertiary/aromatic N) is 2. The predicted octanol–water partition coefficient (Wildman–Crippen LogP) is 2.43. The van der Waals surface area contributed by atoms with E-state index in [-0.39, 0.29) is 17.5 Å². The molecule has 2 rings (SSSR count). The van der Waals surface area contributed by atoms with Crippen molar-refractivity contribution in [2.75, 3.05) is 7.05 Å². The number of fused-ring (bicyclic) bond motifs is 1. The fourth-order valence-electron chi connectivity index (χ4n) is 2.49. The normalized spacial score (nSPS) is 12.6. The van der Waals surface area contributed by atoms with Crippen LogP contribution < -0.4 is 5.56 Å². The molecule has 1 heterocycles. The number of benzene rings is 1. The van der Waals surface area contributed by atoms with E-state index in [1.165, 1.54) is 0 Å². The summed E-state index contributed by atoms with van der Waals surface area (Å²) >= 11 is 0. The van der Waals surface area contributed by atoms with E-state index in [2.05, 4.69) is 24.0 Å². The zero-order chi connectivity index (χ0) is 15.6. The number of carbonyl (C=O) groups excluding carboxylic acids is 1. The highest BCUT2D eigenvalue weighted by molar-refractivity contribution is 6.04. The lowest BCUT2D eigenvalue weighted by Gasteiger charge is -2.26. The number of hydrogen-bond donors (Lipinski definition) is 1. The third-order valence-corrected chi connectivity index (χ3v) is 3.69. The molecule has 0 radical (unpaired) electrons. The number of aromatic nitrogens is 2. The van der Waals surface area contributed by atoms with E-state index in [4.69, 9.17) is 0 Å². The Morgan fingerprint density at radius 1 is 1.24 bits per heavy atom. The van der Waals surface area contributed by atoms with Gasteiger partial charge in [-0.2, -0.15) is 5.10 Å². The van der Waals surface area contributed by atoms with Crippen molar-refractivity contribution in [1.29, 1.82) is 0 Å². The summed E-state index contributed by atoms with van der Waals surface area (Å²) in [6, 6.07) is 7.15. The van der Waals surface area contributed by atoms with Gasteiger partial charge in [0.15, 0.2) is 5.69 Å². The van der Waals surface area contributed by atoms with Crippen molar-refractivity contribution in [3.63, 3.8) is 0 Å². The van der Waals surface area contributed by atoms with Gasteiger partial charge in [-0.3, -0.25) is 9.59 Å². The van der Waals surface area contributed by atoms with Crippen LogP contribution in [0.4, 0.5) is 0 Å². The Hall–Kier alpha value is -2.17. The molecule has 0 saturated heterocycles. The van der Waals surface area contributed by atoms with Crippen LogP contribution in [0.15, 0.2) is 29.1 Å². The molecule has 0 bridgehead atoms. The van der Waals surface area contributed by atoms with Crippen LogP contribution in [0.25, 0.3) is 10.8 Å². The molecule has 0 saturated carbocycles. The summed E-state index contributed by atoms with van der Waals surface area (Å²) in [5, 5.41) is 7.44. The van der Waals surface area contributed by atoms with Crippen molar-refractivity contribution in [3.05, 3.63) is 40.3 Å². The maximum atomic E-state index is 12.6. The first-order valence-corrected chi connectivity index (χ1v) is 7.16. The van der Waals surface area contributed by atoms with Gasteiger partial charge < -0.3 is 4.90 Å². The number of H-pyrrole nitrogens is 1. The second kappa shape index (κ2) is 6.08. The number of rotatable bonds is 4. The van der Waals surface area contributed by atoms with Crippen molar-refractivity contribution in [3.8, 4) is 0 Å². The molecular formula is C16H21N3O2. The monoisotopic (exact) mass is 287 g/mol. The lowest BCUT2D eigenvalue weighted by Crippen LogP contribution is -2.37. The Kier molecular flexibility index (Phi) is 4.40. The molecule has 1 N–H and O–H groups in total. The zero-order valence-corrected chi connectivity index (χ0v) is 12.9. The van der Waals surface area contributed by atoms with Gasteiger partial charge in [0.25, 0.3) is 11.5 Å². The predicted molar refractivity (Wildman–Crippen MR) is 83.4 cm³/mol. The molecule has 0 aliphatic heterocycles. The molecule has 0 fully saturated rings. The standard InChI is InChI=1S/C16H21N3O2/c1-10(2)9-11(3)19(4)16(21)14-12-7-5-6-8-13(12)15(20)18-17-14/h5-8,10-11H,9H2,1-4H3,(H,18,20). The molecule has 5 heteroatoms. The molecule has 0 aliphatic carbocycles. The Morgan fingerprint density at radius 3 is 2.48 bits per heavy atom. The third-order valence-electron chi connectivity index (χ3n) is 3.69. The molecule has 1 amide bonds. The molecule has 112 valence electrons. The molecule has 1 unspecified atom stereocenters. The maximum absolute atomic E-state index is 12.6. The average Bonchev–Trinajstić information content (AvgIpc) is 2.46. The quantitative estimate of drug-likeness (QED) is 0.939. The highest BCUT2D eigenvalue weighted by Crippen LogP contribution is 2.17. The van der Waals surface area contributed by atoms with Crippen LogP contribution in [0.5, 0.6) is 0 Å². The summed E-state index contributed by atoms with van der Waals surface area (Å²) in [4.78, 5) is 26.1. The van der Waals surface area contributed by atoms with Gasteiger partial charge in [-0.05, 0) is 25.3 Å². The van der Waals surface area contributed by atoms with Crippen molar-refractivity contribution in [2.24, 2.45) is 5.92 Å². The van der Waals surface area contributed by atoms with Crippen LogP contribution in [0.2, 0.25) is 0 Å². The summed E-state index contributed by atoms with van der Waals surface area (Å²) < 4.78 is 0. The lowest BCUT2D eigenvalue weighted by atomic mass is 10.0. The number of aromatic amines is 1. The van der Waals surface area contributed by atoms with Crippen LogP contribution in [0.3, 0.4) is 0 Å². The van der Waals surface area contributed by atoms with Crippen molar-refractivity contribution in [1.82, 2.24) is 15.1 Å². The van der Waals surface area contributed by atoms with E-state index in [9.17, 15) is 9.59 Å². The first-order chi connectivity index (χ1) is 9.91. The molecule has 2 aromatic rings. The van der Waals surface area contributed by atoms with Crippen LogP contribution in [-0.2, 0) is 0 Å². The summed E-state index contributed by atoms with van der Waals surface area (Å²) in [5.74, 6) is 0.339. The highest BCUT2D eigenvalue weighted by Gasteiger charge is 2.22. The number of nitrogens with one attached hydrogen (secondary N) is 1. The summed E-state index contributed by atoms with van der Waals surface area (Å²) in [6.45, 7) is 6.27. The molecule has 0 aliphatic rings. The van der Waals surface area contributed by atoms with Gasteiger partial charge in [-0.15, -0.1) is 0 Å². The second-order valence-electron chi connectivity index (χ2n) is 5.84. The topological polar surface area (TPSA) is 66.1 Å². The molecule has 1 atom stereocenters. The zero-order valence-electron chi connectivity index (χ0n) is 12.9. The van der Waals surface area contributed by atoms with E-state index in [1.807, 2.05) is 6.92 Å². The first-order valence-electron chi connectivity index (χ1n) is 7.16. The smallest absolute Gasteiger partial charge is 0.274 e. The number of carbonyl (C=O) groups is 1. The lowest BCUT2D eigenvalue weighted by molar-refractivity contribution is 0.0723. The molecule has 1 aromatic heterocycles. The van der Waals surface area contributed by atoms with Crippen molar-refractivity contribution in [2.45, 2.75) is 33.2 Å². The van der Waals surface area contributed by atoms with Crippen LogP contribution in [0, 0.1) is 5.92 Å². The Bertz CT molecular complexity index is 706. The SMILES string of the molecule is CC(C)CC(C)N(C)C(=O)c1n[nH]c(=O)c2ccccc12. The molecule has 1 aromatic carbocycles. The van der Waals surface area contributed by atoms with Gasteiger partial charge in [-0.1, -0.05) is 32.0 Å².